The molecule has 3 aromatic heterocycles. The number of nitrogens with zero attached hydrogens (tertiary/aromatic N) is 3. The van der Waals surface area contributed by atoms with Crippen molar-refractivity contribution in [3.05, 3.63) is 134 Å². The molecule has 0 saturated carbocycles. The second-order valence-corrected chi connectivity index (χ2v) is 16.1. The third kappa shape index (κ3) is 3.40. The van der Waals surface area contributed by atoms with Gasteiger partial charge in [-0.1, -0.05) is 0 Å². The third-order valence-corrected chi connectivity index (χ3v) is 14.7. The predicted molar refractivity (Wildman–Crippen MR) is 167 cm³/mol. The fourth-order valence-electron chi connectivity index (χ4n) is 5.86. The topological polar surface area (TPSA) is 30.2 Å². The number of hydrogen-bond donors (Lipinski definition) is 0. The molecule has 1 atom stereocenters. The van der Waals surface area contributed by atoms with Gasteiger partial charge in [0.05, 0.1) is 0 Å². The molecule has 8 rings (SSSR count). The number of para-hydroxylation sites is 1. The molecule has 0 aliphatic heterocycles. The Bertz CT molecular complexity index is 2270. The van der Waals surface area contributed by atoms with E-state index in [1.807, 2.05) is 18.5 Å². The minimum absolute atomic E-state index is 0.993. The molecule has 0 saturated heterocycles. The van der Waals surface area contributed by atoms with Gasteiger partial charge >= 0.3 is 234 Å². The van der Waals surface area contributed by atoms with Crippen LogP contribution in [0.5, 0.6) is 0 Å². The number of benzene rings is 5. The molecule has 0 aliphatic rings. The summed E-state index contributed by atoms with van der Waals surface area (Å²) in [7, 11) is 0. The molecule has 3 nitrogen and oxygen atoms in total. The van der Waals surface area contributed by atoms with E-state index in [0.29, 0.717) is 0 Å². The molecule has 1 unspecified atom stereocenters. The van der Waals surface area contributed by atoms with Crippen LogP contribution >= 0.6 is 5.51 Å². The van der Waals surface area contributed by atoms with Crippen LogP contribution in [-0.4, -0.2) is 29.5 Å². The summed E-state index contributed by atoms with van der Waals surface area (Å²) in [6.07, 6.45) is 3.85. The minimum atomic E-state index is -2.11. The quantitative estimate of drug-likeness (QED) is 0.132. The van der Waals surface area contributed by atoms with Gasteiger partial charge < -0.3 is 0 Å². The SMILES string of the molecule is [Se]=P(c1cccnc1)(c1ccc2ccccc2c1)c1ccc2c(c1)nc1c3ccccc3c3ccccc3n21. The Hall–Kier alpha value is -4.07. The van der Waals surface area contributed by atoms with Crippen LogP contribution in [0.2, 0.25) is 0 Å². The van der Waals surface area contributed by atoms with Crippen molar-refractivity contribution < 1.29 is 0 Å². The van der Waals surface area contributed by atoms with Gasteiger partial charge in [-0.2, -0.15) is 0 Å². The second-order valence-electron chi connectivity index (χ2n) is 9.86. The molecule has 39 heavy (non-hydrogen) atoms. The number of rotatable bonds is 3. The monoisotopic (exact) mass is 583 g/mol. The van der Waals surface area contributed by atoms with Crippen LogP contribution in [0.3, 0.4) is 0 Å². The molecule has 0 amide bonds. The Morgan fingerprint density at radius 2 is 1.28 bits per heavy atom. The molecule has 5 aromatic carbocycles. The zero-order valence-corrected chi connectivity index (χ0v) is 23.5. The van der Waals surface area contributed by atoms with Gasteiger partial charge in [-0.05, 0) is 0 Å². The Kier molecular flexibility index (Phi) is 5.12. The number of fused-ring (bicyclic) bond motifs is 9. The molecule has 0 bridgehead atoms. The Morgan fingerprint density at radius 3 is 2.13 bits per heavy atom. The third-order valence-electron chi connectivity index (χ3n) is 7.71. The zero-order valence-electron chi connectivity index (χ0n) is 20.9. The molecule has 8 aromatic rings. The summed E-state index contributed by atoms with van der Waals surface area (Å²) in [6.45, 7) is 0. The molecule has 0 aliphatic carbocycles. The van der Waals surface area contributed by atoms with Gasteiger partial charge in [0.15, 0.2) is 0 Å². The van der Waals surface area contributed by atoms with Crippen molar-refractivity contribution in [2.75, 3.05) is 0 Å². The average molecular weight is 583 g/mol. The molecule has 0 N–H and O–H groups in total. The summed E-state index contributed by atoms with van der Waals surface area (Å²) in [5.74, 6) is 0. The summed E-state index contributed by atoms with van der Waals surface area (Å²) in [4.78, 5) is 9.77. The van der Waals surface area contributed by atoms with Crippen molar-refractivity contribution in [2.24, 2.45) is 0 Å². The van der Waals surface area contributed by atoms with Gasteiger partial charge in [-0.15, -0.1) is 0 Å². The van der Waals surface area contributed by atoms with E-state index < -0.39 is 5.51 Å². The van der Waals surface area contributed by atoms with Crippen LogP contribution < -0.4 is 15.9 Å². The first kappa shape index (κ1) is 22.9. The van der Waals surface area contributed by atoms with E-state index in [-0.39, 0.29) is 0 Å². The summed E-state index contributed by atoms with van der Waals surface area (Å²) in [5.41, 5.74) is 2.17. The van der Waals surface area contributed by atoms with Gasteiger partial charge in [-0.25, -0.2) is 0 Å². The average Bonchev–Trinajstić information content (AvgIpc) is 3.40. The summed E-state index contributed by atoms with van der Waals surface area (Å²) in [6, 6.07) is 43.6. The van der Waals surface area contributed by atoms with E-state index in [2.05, 4.69) is 140 Å². The van der Waals surface area contributed by atoms with E-state index in [0.717, 1.165) is 16.7 Å². The van der Waals surface area contributed by atoms with E-state index in [1.165, 1.54) is 48.4 Å². The molecule has 0 radical (unpaired) electrons. The van der Waals surface area contributed by atoms with Gasteiger partial charge in [0.25, 0.3) is 0 Å². The molecular weight excluding hydrogens is 560 g/mol. The fourth-order valence-corrected chi connectivity index (χ4v) is 10.6. The molecule has 5 heteroatoms. The Labute approximate surface area is 233 Å². The van der Waals surface area contributed by atoms with Crippen molar-refractivity contribution in [1.29, 1.82) is 0 Å². The fraction of sp³-hybridized carbons (Fsp3) is 0. The number of imidazole rings is 1. The first-order chi connectivity index (χ1) is 19.2. The molecule has 3 heterocycles. The number of hydrogen-bond acceptors (Lipinski definition) is 2. The summed E-state index contributed by atoms with van der Waals surface area (Å²) < 4.78 is 2.32. The zero-order chi connectivity index (χ0) is 26.0. The molecule has 184 valence electrons. The van der Waals surface area contributed by atoms with Crippen LogP contribution in [0, 0.1) is 0 Å². The summed E-state index contributed by atoms with van der Waals surface area (Å²) >= 11 is 3.70. The van der Waals surface area contributed by atoms with Gasteiger partial charge in [0, 0.05) is 0 Å². The second kappa shape index (κ2) is 8.73. The van der Waals surface area contributed by atoms with Crippen LogP contribution in [0.25, 0.3) is 49.1 Å². The van der Waals surface area contributed by atoms with Crippen molar-refractivity contribution in [2.45, 2.75) is 0 Å². The van der Waals surface area contributed by atoms with E-state index in [9.17, 15) is 0 Å². The van der Waals surface area contributed by atoms with Crippen molar-refractivity contribution in [3.63, 3.8) is 0 Å². The first-order valence-electron chi connectivity index (χ1n) is 12.9. The molecule has 0 fully saturated rings. The maximum atomic E-state index is 5.26. The van der Waals surface area contributed by atoms with Gasteiger partial charge in [0.2, 0.25) is 0 Å². The Morgan fingerprint density at radius 1 is 0.564 bits per heavy atom. The standard InChI is InChI=1S/C34H22N3PSe/c39-38(27-10-7-19-35-22-27,25-16-15-23-8-1-2-9-24(23)20-25)26-17-18-33-31(21-26)36-34-30-13-4-3-11-28(30)29-12-5-6-14-32(29)37(33)34/h1-22H. The molecular formula is C34H22N3PSe. The van der Waals surface area contributed by atoms with Crippen LogP contribution in [-0.2, 0) is 0 Å². The molecule has 0 spiro atoms. The van der Waals surface area contributed by atoms with E-state index in [4.69, 9.17) is 4.98 Å². The number of aromatic nitrogens is 3. The summed E-state index contributed by atoms with van der Waals surface area (Å²) in [5, 5.41) is 9.86. The first-order valence-corrected chi connectivity index (χ1v) is 16.9. The normalized spacial score (nSPS) is 13.4. The number of pyridine rings is 2. The van der Waals surface area contributed by atoms with Crippen LogP contribution in [0.1, 0.15) is 0 Å². The Balaban J connectivity index is 1.44. The van der Waals surface area contributed by atoms with Crippen molar-refractivity contribution >= 4 is 85.6 Å². The van der Waals surface area contributed by atoms with Crippen molar-refractivity contribution in [1.82, 2.24) is 14.4 Å². The van der Waals surface area contributed by atoms with Crippen molar-refractivity contribution in [3.8, 4) is 0 Å². The predicted octanol–water partition coefficient (Wildman–Crippen LogP) is 6.72. The van der Waals surface area contributed by atoms with Gasteiger partial charge in [0.1, 0.15) is 0 Å². The van der Waals surface area contributed by atoms with E-state index >= 15 is 0 Å². The van der Waals surface area contributed by atoms with Crippen LogP contribution in [0.4, 0.5) is 0 Å². The maximum absolute atomic E-state index is 5.26. The van der Waals surface area contributed by atoms with E-state index in [1.54, 1.807) is 0 Å². The van der Waals surface area contributed by atoms with Crippen LogP contribution in [0.15, 0.2) is 134 Å². The van der Waals surface area contributed by atoms with Gasteiger partial charge in [-0.3, -0.25) is 0 Å².